The number of benzene rings is 1. The molecule has 3 heterocycles. The first kappa shape index (κ1) is 21.6. The lowest BCUT2D eigenvalue weighted by Gasteiger charge is -2.12. The molecule has 11 heteroatoms. The van der Waals surface area contributed by atoms with Crippen LogP contribution in [0.5, 0.6) is 0 Å². The molecule has 4 aromatic rings. The first-order valence-corrected chi connectivity index (χ1v) is 9.73. The summed E-state index contributed by atoms with van der Waals surface area (Å²) in [6.07, 6.45) is 5.83. The Morgan fingerprint density at radius 3 is 2.67 bits per heavy atom. The molecule has 0 aliphatic heterocycles. The Kier molecular flexibility index (Phi) is 5.77. The highest BCUT2D eigenvalue weighted by Gasteiger charge is 2.16. The van der Waals surface area contributed by atoms with Gasteiger partial charge < -0.3 is 15.7 Å². The van der Waals surface area contributed by atoms with Gasteiger partial charge in [0.05, 0.1) is 5.56 Å². The largest absolute Gasteiger partial charge is 0.478 e. The maximum absolute atomic E-state index is 13.6. The van der Waals surface area contributed by atoms with Crippen LogP contribution < -0.4 is 10.6 Å². The number of halogens is 1. The molecule has 0 aliphatic rings. The maximum atomic E-state index is 13.6. The predicted octanol–water partition coefficient (Wildman–Crippen LogP) is 3.57. The summed E-state index contributed by atoms with van der Waals surface area (Å²) in [6.45, 7) is 3.01. The molecule has 1 amide bonds. The molecule has 10 nitrogen and oxygen atoms in total. The third-order valence-corrected chi connectivity index (χ3v) is 4.59. The van der Waals surface area contributed by atoms with Crippen molar-refractivity contribution in [3.8, 4) is 16.9 Å². The van der Waals surface area contributed by atoms with Gasteiger partial charge in [-0.15, -0.1) is 5.10 Å². The van der Waals surface area contributed by atoms with Crippen LogP contribution in [-0.4, -0.2) is 41.7 Å². The molecule has 3 aromatic heterocycles. The van der Waals surface area contributed by atoms with Crippen LogP contribution in [-0.2, 0) is 4.79 Å². The maximum Gasteiger partial charge on any atom is 0.337 e. The molecule has 0 radical (unpaired) electrons. The van der Waals surface area contributed by atoms with E-state index in [9.17, 15) is 19.1 Å². The van der Waals surface area contributed by atoms with Crippen LogP contribution in [0.15, 0.2) is 55.1 Å². The van der Waals surface area contributed by atoms with Crippen molar-refractivity contribution in [2.75, 3.05) is 10.6 Å². The van der Waals surface area contributed by atoms with Crippen molar-refractivity contribution in [1.82, 2.24) is 24.7 Å². The number of carbonyl (C=O) groups is 2. The van der Waals surface area contributed by atoms with Gasteiger partial charge in [-0.25, -0.2) is 18.9 Å². The molecule has 0 bridgehead atoms. The zero-order valence-electron chi connectivity index (χ0n) is 17.6. The number of rotatable bonds is 6. The average molecular weight is 447 g/mol. The van der Waals surface area contributed by atoms with Crippen molar-refractivity contribution in [2.24, 2.45) is 0 Å². The number of nitrogens with one attached hydrogen (secondary N) is 2. The molecular formula is C22H18FN7O3. The van der Waals surface area contributed by atoms with Crippen LogP contribution in [0.3, 0.4) is 0 Å². The predicted molar refractivity (Wildman–Crippen MR) is 118 cm³/mol. The van der Waals surface area contributed by atoms with Crippen molar-refractivity contribution in [2.45, 2.75) is 13.8 Å². The molecule has 33 heavy (non-hydrogen) atoms. The minimum Gasteiger partial charge on any atom is -0.478 e. The number of pyridine rings is 1. The van der Waals surface area contributed by atoms with E-state index in [4.69, 9.17) is 0 Å². The van der Waals surface area contributed by atoms with Gasteiger partial charge in [-0.1, -0.05) is 0 Å². The Labute approximate surface area is 187 Å². The Balaban J connectivity index is 1.79. The second kappa shape index (κ2) is 8.83. The fourth-order valence-electron chi connectivity index (χ4n) is 3.06. The molecule has 0 unspecified atom stereocenters. The quantitative estimate of drug-likeness (QED) is 0.408. The van der Waals surface area contributed by atoms with Crippen LogP contribution in [0.25, 0.3) is 16.9 Å². The van der Waals surface area contributed by atoms with E-state index in [-0.39, 0.29) is 23.2 Å². The Hall–Kier alpha value is -4.67. The SMILES string of the molecule is CC(=O)Nc1ccn(-c2nc(Nc3ccc(F)c(C)c3)ncc2-c2cncc(C(=O)O)c2)n1. The summed E-state index contributed by atoms with van der Waals surface area (Å²) < 4.78 is 15.0. The normalized spacial score (nSPS) is 10.6. The van der Waals surface area contributed by atoms with Gasteiger partial charge in [-0.3, -0.25) is 9.78 Å². The number of aromatic nitrogens is 5. The summed E-state index contributed by atoms with van der Waals surface area (Å²) in [5.74, 6) is -0.899. The van der Waals surface area contributed by atoms with Gasteiger partial charge in [0.2, 0.25) is 11.9 Å². The number of carboxylic acids is 1. The fraction of sp³-hybridized carbons (Fsp3) is 0.0909. The third kappa shape index (κ3) is 4.82. The molecule has 0 spiro atoms. The molecule has 166 valence electrons. The molecule has 0 fully saturated rings. The number of carboxylic acid groups (broad SMARTS) is 1. The van der Waals surface area contributed by atoms with Crippen LogP contribution in [0.4, 0.5) is 21.8 Å². The summed E-state index contributed by atoms with van der Waals surface area (Å²) in [5, 5.41) is 19.2. The number of anilines is 3. The van der Waals surface area contributed by atoms with Gasteiger partial charge in [-0.2, -0.15) is 4.98 Å². The highest BCUT2D eigenvalue weighted by molar-refractivity contribution is 5.89. The number of amides is 1. The van der Waals surface area contributed by atoms with E-state index in [1.807, 2.05) is 0 Å². The van der Waals surface area contributed by atoms with Crippen LogP contribution in [0.1, 0.15) is 22.8 Å². The van der Waals surface area contributed by atoms with E-state index in [1.165, 1.54) is 42.3 Å². The number of nitrogens with zero attached hydrogens (tertiary/aromatic N) is 5. The van der Waals surface area contributed by atoms with Crippen molar-refractivity contribution in [3.63, 3.8) is 0 Å². The van der Waals surface area contributed by atoms with Crippen molar-refractivity contribution >= 4 is 29.3 Å². The Morgan fingerprint density at radius 1 is 1.12 bits per heavy atom. The summed E-state index contributed by atoms with van der Waals surface area (Å²) in [4.78, 5) is 35.6. The molecule has 0 atom stereocenters. The standard InChI is InChI=1S/C22H18FN7O3/c1-12-7-16(3-4-18(12)23)27-22-25-11-17(14-8-15(21(32)33)10-24-9-14)20(28-22)30-6-5-19(29-30)26-13(2)31/h3-11H,1-2H3,(H,32,33)(H,25,27,28)(H,26,29,31). The van der Waals surface area contributed by atoms with Crippen molar-refractivity contribution < 1.29 is 19.1 Å². The van der Waals surface area contributed by atoms with Gasteiger partial charge in [0.25, 0.3) is 0 Å². The summed E-state index contributed by atoms with van der Waals surface area (Å²) in [6, 6.07) is 7.56. The van der Waals surface area contributed by atoms with E-state index in [0.717, 1.165) is 0 Å². The number of aryl methyl sites for hydroxylation is 1. The summed E-state index contributed by atoms with van der Waals surface area (Å²) in [5.41, 5.74) is 1.97. The minimum absolute atomic E-state index is 0.00170. The van der Waals surface area contributed by atoms with E-state index in [2.05, 4.69) is 30.7 Å². The molecule has 0 saturated carbocycles. The molecule has 0 saturated heterocycles. The Morgan fingerprint density at radius 2 is 1.94 bits per heavy atom. The molecule has 4 rings (SSSR count). The lowest BCUT2D eigenvalue weighted by molar-refractivity contribution is -0.114. The number of hydrogen-bond acceptors (Lipinski definition) is 7. The second-order valence-corrected chi connectivity index (χ2v) is 7.11. The van der Waals surface area contributed by atoms with Gasteiger partial charge in [0.15, 0.2) is 11.6 Å². The van der Waals surface area contributed by atoms with Gasteiger partial charge in [0, 0.05) is 54.6 Å². The van der Waals surface area contributed by atoms with Crippen LogP contribution in [0, 0.1) is 12.7 Å². The number of hydrogen-bond donors (Lipinski definition) is 3. The van der Waals surface area contributed by atoms with E-state index >= 15 is 0 Å². The van der Waals surface area contributed by atoms with Crippen LogP contribution in [0.2, 0.25) is 0 Å². The summed E-state index contributed by atoms with van der Waals surface area (Å²) in [7, 11) is 0. The van der Waals surface area contributed by atoms with Gasteiger partial charge >= 0.3 is 5.97 Å². The zero-order chi connectivity index (χ0) is 23.5. The Bertz CT molecular complexity index is 1370. The van der Waals surface area contributed by atoms with E-state index in [0.29, 0.717) is 34.0 Å². The monoisotopic (exact) mass is 447 g/mol. The van der Waals surface area contributed by atoms with Crippen molar-refractivity contribution in [3.05, 3.63) is 72.1 Å². The van der Waals surface area contributed by atoms with Gasteiger partial charge in [0.1, 0.15) is 5.82 Å². The first-order chi connectivity index (χ1) is 15.8. The highest BCUT2D eigenvalue weighted by atomic mass is 19.1. The lowest BCUT2D eigenvalue weighted by Crippen LogP contribution is -2.09. The van der Waals surface area contributed by atoms with E-state index in [1.54, 1.807) is 31.3 Å². The molecule has 1 aromatic carbocycles. The zero-order valence-corrected chi connectivity index (χ0v) is 17.6. The molecule has 3 N–H and O–H groups in total. The van der Waals surface area contributed by atoms with Crippen LogP contribution >= 0.6 is 0 Å². The minimum atomic E-state index is -1.12. The van der Waals surface area contributed by atoms with Crippen molar-refractivity contribution in [1.29, 1.82) is 0 Å². The lowest BCUT2D eigenvalue weighted by atomic mass is 10.1. The number of aromatic carboxylic acids is 1. The highest BCUT2D eigenvalue weighted by Crippen LogP contribution is 2.27. The number of carbonyl (C=O) groups excluding carboxylic acids is 1. The third-order valence-electron chi connectivity index (χ3n) is 4.59. The summed E-state index contributed by atoms with van der Waals surface area (Å²) >= 11 is 0. The fourth-order valence-corrected chi connectivity index (χ4v) is 3.06. The smallest absolute Gasteiger partial charge is 0.337 e. The molecule has 0 aliphatic carbocycles. The van der Waals surface area contributed by atoms with Gasteiger partial charge in [-0.05, 0) is 36.8 Å². The first-order valence-electron chi connectivity index (χ1n) is 9.73. The topological polar surface area (TPSA) is 135 Å². The average Bonchev–Trinajstić information content (AvgIpc) is 3.24. The second-order valence-electron chi connectivity index (χ2n) is 7.11. The van der Waals surface area contributed by atoms with E-state index < -0.39 is 5.97 Å². The molecular weight excluding hydrogens is 429 g/mol.